The quantitative estimate of drug-likeness (QED) is 0.858. The molecule has 0 amide bonds. The van der Waals surface area contributed by atoms with Gasteiger partial charge in [-0.2, -0.15) is 4.98 Å². The minimum Gasteiger partial charge on any atom is -0.469 e. The fraction of sp³-hybridized carbons (Fsp3) is 0.538. The number of aromatic amines is 1. The van der Waals surface area contributed by atoms with Gasteiger partial charge in [-0.1, -0.05) is 0 Å². The van der Waals surface area contributed by atoms with Gasteiger partial charge in [0.25, 0.3) is 0 Å². The molecule has 1 aliphatic rings. The highest BCUT2D eigenvalue weighted by Gasteiger charge is 2.19. The van der Waals surface area contributed by atoms with Gasteiger partial charge in [0.05, 0.1) is 6.26 Å². The van der Waals surface area contributed by atoms with E-state index in [4.69, 9.17) is 4.42 Å². The average Bonchev–Trinajstić information content (AvgIpc) is 3.08. The Balaban J connectivity index is 1.59. The van der Waals surface area contributed by atoms with Gasteiger partial charge < -0.3 is 14.6 Å². The third-order valence-electron chi connectivity index (χ3n) is 3.36. The molecule has 2 aromatic heterocycles. The largest absolute Gasteiger partial charge is 0.469 e. The Labute approximate surface area is 112 Å². The Morgan fingerprint density at radius 1 is 1.47 bits per heavy atom. The first-order valence-electron chi connectivity index (χ1n) is 6.73. The number of aromatic nitrogens is 3. The molecule has 1 atom stereocenters. The smallest absolute Gasteiger partial charge is 0.244 e. The summed E-state index contributed by atoms with van der Waals surface area (Å²) < 4.78 is 5.31. The number of anilines is 1. The maximum Gasteiger partial charge on any atom is 0.244 e. The van der Waals surface area contributed by atoms with Gasteiger partial charge in [-0.3, -0.25) is 5.10 Å². The van der Waals surface area contributed by atoms with Gasteiger partial charge in [-0.05, 0) is 19.1 Å². The molecule has 2 aromatic rings. The van der Waals surface area contributed by atoms with Crippen molar-refractivity contribution in [1.82, 2.24) is 20.5 Å². The summed E-state index contributed by atoms with van der Waals surface area (Å²) >= 11 is 0. The molecule has 19 heavy (non-hydrogen) atoms. The van der Waals surface area contributed by atoms with Crippen LogP contribution >= 0.6 is 0 Å². The average molecular weight is 261 g/mol. The zero-order valence-electron chi connectivity index (χ0n) is 11.1. The van der Waals surface area contributed by atoms with Crippen LogP contribution in [0.25, 0.3) is 0 Å². The van der Waals surface area contributed by atoms with Crippen LogP contribution in [0.2, 0.25) is 0 Å². The van der Waals surface area contributed by atoms with Crippen LogP contribution in [0, 0.1) is 0 Å². The summed E-state index contributed by atoms with van der Waals surface area (Å²) in [5.74, 6) is 2.70. The molecule has 2 N–H and O–H groups in total. The molecule has 0 unspecified atom stereocenters. The van der Waals surface area contributed by atoms with Crippen molar-refractivity contribution >= 4 is 5.95 Å². The molecular weight excluding hydrogens is 242 g/mol. The first kappa shape index (κ1) is 12.2. The van der Waals surface area contributed by atoms with E-state index >= 15 is 0 Å². The second-order valence-corrected chi connectivity index (χ2v) is 4.96. The number of nitrogens with one attached hydrogen (secondary N) is 2. The summed E-state index contributed by atoms with van der Waals surface area (Å²) in [4.78, 5) is 6.77. The van der Waals surface area contributed by atoms with Gasteiger partial charge >= 0.3 is 0 Å². The Hall–Kier alpha value is -1.82. The van der Waals surface area contributed by atoms with Gasteiger partial charge in [0.15, 0.2) is 0 Å². The number of hydrogen-bond donors (Lipinski definition) is 2. The standard InChI is InChI=1S/C13H19N5O/c1-10-9-18(7-6-14-10)13-15-12(16-17-13)5-4-11-3-2-8-19-11/h2-3,8,10,14H,4-7,9H2,1H3,(H,15,16,17)/t10-/m0/s1. The van der Waals surface area contributed by atoms with Crippen molar-refractivity contribution in [2.45, 2.75) is 25.8 Å². The van der Waals surface area contributed by atoms with Crippen LogP contribution in [0.4, 0.5) is 5.95 Å². The lowest BCUT2D eigenvalue weighted by Crippen LogP contribution is -2.49. The number of rotatable bonds is 4. The van der Waals surface area contributed by atoms with Crippen molar-refractivity contribution in [1.29, 1.82) is 0 Å². The maximum absolute atomic E-state index is 5.31. The number of nitrogens with zero attached hydrogens (tertiary/aromatic N) is 3. The fourth-order valence-electron chi connectivity index (χ4n) is 2.35. The van der Waals surface area contributed by atoms with E-state index in [0.29, 0.717) is 6.04 Å². The molecule has 102 valence electrons. The van der Waals surface area contributed by atoms with E-state index in [9.17, 15) is 0 Å². The Bertz CT molecular complexity index is 507. The van der Waals surface area contributed by atoms with Crippen molar-refractivity contribution in [2.24, 2.45) is 0 Å². The summed E-state index contributed by atoms with van der Waals surface area (Å²) in [5.41, 5.74) is 0. The molecule has 1 aliphatic heterocycles. The Morgan fingerprint density at radius 3 is 3.21 bits per heavy atom. The van der Waals surface area contributed by atoms with Crippen LogP contribution < -0.4 is 10.2 Å². The fourth-order valence-corrected chi connectivity index (χ4v) is 2.35. The SMILES string of the molecule is C[C@H]1CN(c2n[nH]c(CCc3ccco3)n2)CCN1. The summed E-state index contributed by atoms with van der Waals surface area (Å²) in [7, 11) is 0. The number of hydrogen-bond acceptors (Lipinski definition) is 5. The summed E-state index contributed by atoms with van der Waals surface area (Å²) in [5, 5.41) is 10.7. The molecule has 0 radical (unpaired) electrons. The minimum absolute atomic E-state index is 0.485. The molecule has 0 aromatic carbocycles. The van der Waals surface area contributed by atoms with Crippen molar-refractivity contribution in [3.8, 4) is 0 Å². The summed E-state index contributed by atoms with van der Waals surface area (Å²) in [6.07, 6.45) is 3.37. The van der Waals surface area contributed by atoms with Crippen LogP contribution in [0.15, 0.2) is 22.8 Å². The molecule has 0 saturated carbocycles. The zero-order valence-corrected chi connectivity index (χ0v) is 11.1. The molecular formula is C13H19N5O. The van der Waals surface area contributed by atoms with Crippen LogP contribution in [0.5, 0.6) is 0 Å². The van der Waals surface area contributed by atoms with Crippen LogP contribution in [-0.2, 0) is 12.8 Å². The molecule has 6 nitrogen and oxygen atoms in total. The summed E-state index contributed by atoms with van der Waals surface area (Å²) in [6.45, 7) is 5.07. The molecule has 6 heteroatoms. The maximum atomic E-state index is 5.31. The van der Waals surface area contributed by atoms with E-state index in [1.807, 2.05) is 12.1 Å². The number of piperazine rings is 1. The third kappa shape index (κ3) is 2.96. The summed E-state index contributed by atoms with van der Waals surface area (Å²) in [6, 6.07) is 4.37. The molecule has 0 aliphatic carbocycles. The van der Waals surface area contributed by atoms with E-state index in [1.165, 1.54) is 0 Å². The van der Waals surface area contributed by atoms with Gasteiger partial charge in [-0.15, -0.1) is 5.10 Å². The number of aryl methyl sites for hydroxylation is 2. The predicted molar refractivity (Wildman–Crippen MR) is 72.2 cm³/mol. The van der Waals surface area contributed by atoms with E-state index in [-0.39, 0.29) is 0 Å². The molecule has 0 spiro atoms. The Morgan fingerprint density at radius 2 is 2.42 bits per heavy atom. The number of H-pyrrole nitrogens is 1. The molecule has 3 rings (SSSR count). The molecule has 3 heterocycles. The first-order chi connectivity index (χ1) is 9.31. The first-order valence-corrected chi connectivity index (χ1v) is 6.73. The third-order valence-corrected chi connectivity index (χ3v) is 3.36. The molecule has 1 saturated heterocycles. The second kappa shape index (κ2) is 5.44. The van der Waals surface area contributed by atoms with Crippen molar-refractivity contribution in [2.75, 3.05) is 24.5 Å². The van der Waals surface area contributed by atoms with E-state index < -0.39 is 0 Å². The Kier molecular flexibility index (Phi) is 3.50. The minimum atomic E-state index is 0.485. The van der Waals surface area contributed by atoms with Crippen LogP contribution in [-0.4, -0.2) is 40.9 Å². The van der Waals surface area contributed by atoms with Crippen molar-refractivity contribution in [3.05, 3.63) is 30.0 Å². The van der Waals surface area contributed by atoms with Crippen LogP contribution in [0.3, 0.4) is 0 Å². The van der Waals surface area contributed by atoms with Gasteiger partial charge in [0.2, 0.25) is 5.95 Å². The van der Waals surface area contributed by atoms with Gasteiger partial charge in [0.1, 0.15) is 11.6 Å². The van der Waals surface area contributed by atoms with Gasteiger partial charge in [0, 0.05) is 38.5 Å². The van der Waals surface area contributed by atoms with E-state index in [0.717, 1.165) is 50.0 Å². The highest BCUT2D eigenvalue weighted by Crippen LogP contribution is 2.11. The topological polar surface area (TPSA) is 70.0 Å². The predicted octanol–water partition coefficient (Wildman–Crippen LogP) is 0.981. The molecule has 1 fully saturated rings. The zero-order chi connectivity index (χ0) is 13.1. The van der Waals surface area contributed by atoms with Gasteiger partial charge in [-0.25, -0.2) is 0 Å². The van der Waals surface area contributed by atoms with Crippen molar-refractivity contribution in [3.63, 3.8) is 0 Å². The number of furan rings is 1. The lowest BCUT2D eigenvalue weighted by atomic mass is 10.2. The highest BCUT2D eigenvalue weighted by molar-refractivity contribution is 5.30. The monoisotopic (exact) mass is 261 g/mol. The normalized spacial score (nSPS) is 19.8. The van der Waals surface area contributed by atoms with Crippen molar-refractivity contribution < 1.29 is 4.42 Å². The van der Waals surface area contributed by atoms with E-state index in [2.05, 4.69) is 32.3 Å². The lowest BCUT2D eigenvalue weighted by molar-refractivity contribution is 0.479. The lowest BCUT2D eigenvalue weighted by Gasteiger charge is -2.30. The highest BCUT2D eigenvalue weighted by atomic mass is 16.3. The van der Waals surface area contributed by atoms with Crippen LogP contribution in [0.1, 0.15) is 18.5 Å². The second-order valence-electron chi connectivity index (χ2n) is 4.96. The van der Waals surface area contributed by atoms with E-state index in [1.54, 1.807) is 6.26 Å². The molecule has 0 bridgehead atoms.